The molecule has 1 unspecified atom stereocenters. The lowest BCUT2D eigenvalue weighted by molar-refractivity contribution is 0.415. The van der Waals surface area contributed by atoms with Crippen molar-refractivity contribution in [3.05, 3.63) is 30.5 Å². The van der Waals surface area contributed by atoms with Crippen molar-refractivity contribution in [2.24, 2.45) is 5.73 Å². The highest BCUT2D eigenvalue weighted by Crippen LogP contribution is 2.27. The lowest BCUT2D eigenvalue weighted by Crippen LogP contribution is -2.26. The molecular formula is C15H21N3O. The minimum atomic E-state index is 0.201. The maximum atomic E-state index is 5.81. The summed E-state index contributed by atoms with van der Waals surface area (Å²) in [6.07, 6.45) is 2.78. The molecule has 0 aliphatic heterocycles. The molecule has 2 aromatic rings. The lowest BCUT2D eigenvalue weighted by atomic mass is 10.1. The minimum Gasteiger partial charge on any atom is -0.497 e. The second-order valence-corrected chi connectivity index (χ2v) is 4.91. The van der Waals surface area contributed by atoms with Crippen molar-refractivity contribution in [1.82, 2.24) is 4.98 Å². The third kappa shape index (κ3) is 3.15. The Labute approximate surface area is 114 Å². The number of hydrogen-bond donors (Lipinski definition) is 1. The van der Waals surface area contributed by atoms with Gasteiger partial charge in [0.05, 0.1) is 7.11 Å². The Balaban J connectivity index is 2.35. The van der Waals surface area contributed by atoms with Gasteiger partial charge in [-0.2, -0.15) is 0 Å². The van der Waals surface area contributed by atoms with Gasteiger partial charge < -0.3 is 15.4 Å². The lowest BCUT2D eigenvalue weighted by Gasteiger charge is -2.21. The van der Waals surface area contributed by atoms with E-state index in [-0.39, 0.29) is 6.04 Å². The second kappa shape index (κ2) is 5.89. The third-order valence-electron chi connectivity index (χ3n) is 3.23. The molecule has 0 fully saturated rings. The van der Waals surface area contributed by atoms with Gasteiger partial charge >= 0.3 is 0 Å². The average Bonchev–Trinajstić information content (AvgIpc) is 2.43. The molecule has 1 atom stereocenters. The number of hydrogen-bond acceptors (Lipinski definition) is 4. The molecule has 0 aliphatic carbocycles. The summed E-state index contributed by atoms with van der Waals surface area (Å²) in [6.45, 7) is 2.91. The summed E-state index contributed by atoms with van der Waals surface area (Å²) in [4.78, 5) is 6.63. The molecule has 0 radical (unpaired) electrons. The topological polar surface area (TPSA) is 51.4 Å². The molecule has 2 N–H and O–H groups in total. The van der Waals surface area contributed by atoms with Crippen LogP contribution in [0.3, 0.4) is 0 Å². The van der Waals surface area contributed by atoms with E-state index < -0.39 is 0 Å². The molecule has 19 heavy (non-hydrogen) atoms. The number of rotatable bonds is 5. The zero-order chi connectivity index (χ0) is 13.8. The molecule has 0 bridgehead atoms. The van der Waals surface area contributed by atoms with Crippen molar-refractivity contribution < 1.29 is 4.74 Å². The Morgan fingerprint density at radius 2 is 2.16 bits per heavy atom. The van der Waals surface area contributed by atoms with Gasteiger partial charge in [0.2, 0.25) is 0 Å². The van der Waals surface area contributed by atoms with E-state index in [2.05, 4.69) is 16.0 Å². The Kier molecular flexibility index (Phi) is 4.22. The number of aromatic nitrogens is 1. The number of fused-ring (bicyclic) bond motifs is 1. The molecular weight excluding hydrogens is 238 g/mol. The van der Waals surface area contributed by atoms with Crippen LogP contribution in [0.4, 0.5) is 5.82 Å². The van der Waals surface area contributed by atoms with Crippen LogP contribution in [0, 0.1) is 0 Å². The van der Waals surface area contributed by atoms with E-state index in [9.17, 15) is 0 Å². The van der Waals surface area contributed by atoms with Crippen molar-refractivity contribution >= 4 is 16.6 Å². The van der Waals surface area contributed by atoms with E-state index in [0.29, 0.717) is 0 Å². The van der Waals surface area contributed by atoms with E-state index in [4.69, 9.17) is 10.5 Å². The van der Waals surface area contributed by atoms with Crippen molar-refractivity contribution in [2.45, 2.75) is 19.4 Å². The average molecular weight is 259 g/mol. The van der Waals surface area contributed by atoms with Gasteiger partial charge in [-0.15, -0.1) is 0 Å². The Hall–Kier alpha value is -1.81. The molecule has 4 nitrogen and oxygen atoms in total. The third-order valence-corrected chi connectivity index (χ3v) is 3.23. The molecule has 0 saturated carbocycles. The fraction of sp³-hybridized carbons (Fsp3) is 0.400. The van der Waals surface area contributed by atoms with Crippen LogP contribution in [0.15, 0.2) is 30.5 Å². The minimum absolute atomic E-state index is 0.201. The van der Waals surface area contributed by atoms with Crippen LogP contribution in [-0.2, 0) is 0 Å². The smallest absolute Gasteiger partial charge is 0.136 e. The van der Waals surface area contributed by atoms with Crippen molar-refractivity contribution in [1.29, 1.82) is 0 Å². The first-order valence-electron chi connectivity index (χ1n) is 6.51. The number of methoxy groups -OCH3 is 1. The summed E-state index contributed by atoms with van der Waals surface area (Å²) in [5.41, 5.74) is 5.81. The number of nitrogens with zero attached hydrogens (tertiary/aromatic N) is 2. The van der Waals surface area contributed by atoms with Gasteiger partial charge in [-0.3, -0.25) is 0 Å². The zero-order valence-electron chi connectivity index (χ0n) is 11.8. The fourth-order valence-electron chi connectivity index (χ4n) is 2.07. The van der Waals surface area contributed by atoms with Gasteiger partial charge in [0.25, 0.3) is 0 Å². The molecule has 4 heteroatoms. The van der Waals surface area contributed by atoms with Crippen LogP contribution >= 0.6 is 0 Å². The summed E-state index contributed by atoms with van der Waals surface area (Å²) in [7, 11) is 3.72. The first-order valence-corrected chi connectivity index (χ1v) is 6.51. The number of nitrogens with two attached hydrogens (primary N) is 1. The van der Waals surface area contributed by atoms with Crippen LogP contribution in [0.2, 0.25) is 0 Å². The molecule has 1 aromatic heterocycles. The summed E-state index contributed by atoms with van der Waals surface area (Å²) in [5.74, 6) is 1.82. The first-order chi connectivity index (χ1) is 9.11. The molecule has 102 valence electrons. The fourth-order valence-corrected chi connectivity index (χ4v) is 2.07. The summed E-state index contributed by atoms with van der Waals surface area (Å²) < 4.78 is 5.29. The monoisotopic (exact) mass is 259 g/mol. The van der Waals surface area contributed by atoms with Gasteiger partial charge in [0, 0.05) is 31.2 Å². The quantitative estimate of drug-likeness (QED) is 0.896. The molecule has 1 heterocycles. The van der Waals surface area contributed by atoms with E-state index in [1.165, 1.54) is 5.39 Å². The summed E-state index contributed by atoms with van der Waals surface area (Å²) in [5, 5.41) is 2.27. The predicted octanol–water partition coefficient (Wildman–Crippen LogP) is 2.42. The van der Waals surface area contributed by atoms with Crippen molar-refractivity contribution in [2.75, 3.05) is 25.6 Å². The number of benzene rings is 1. The van der Waals surface area contributed by atoms with Crippen LogP contribution in [0.5, 0.6) is 5.75 Å². The summed E-state index contributed by atoms with van der Waals surface area (Å²) in [6, 6.07) is 8.26. The number of pyridine rings is 1. The highest BCUT2D eigenvalue weighted by atomic mass is 16.5. The Bertz CT molecular complexity index is 554. The van der Waals surface area contributed by atoms with Crippen LogP contribution < -0.4 is 15.4 Å². The van der Waals surface area contributed by atoms with Crippen molar-refractivity contribution in [3.63, 3.8) is 0 Å². The Morgan fingerprint density at radius 1 is 1.37 bits per heavy atom. The molecule has 0 saturated heterocycles. The highest BCUT2D eigenvalue weighted by molar-refractivity contribution is 5.93. The number of anilines is 1. The van der Waals surface area contributed by atoms with Gasteiger partial charge in [-0.25, -0.2) is 4.98 Å². The highest BCUT2D eigenvalue weighted by Gasteiger charge is 2.09. The maximum Gasteiger partial charge on any atom is 0.136 e. The largest absolute Gasteiger partial charge is 0.497 e. The SMILES string of the molecule is COc1ccc2ccnc(N(C)CCC(C)N)c2c1. The van der Waals surface area contributed by atoms with E-state index in [1.54, 1.807) is 7.11 Å². The predicted molar refractivity (Wildman–Crippen MR) is 79.8 cm³/mol. The van der Waals surface area contributed by atoms with E-state index in [1.807, 2.05) is 38.4 Å². The molecule has 0 aliphatic rings. The van der Waals surface area contributed by atoms with E-state index in [0.717, 1.165) is 29.9 Å². The van der Waals surface area contributed by atoms with E-state index >= 15 is 0 Å². The van der Waals surface area contributed by atoms with Gasteiger partial charge in [0.15, 0.2) is 0 Å². The molecule has 0 spiro atoms. The van der Waals surface area contributed by atoms with Gasteiger partial charge in [-0.05, 0) is 36.9 Å². The Morgan fingerprint density at radius 3 is 2.84 bits per heavy atom. The van der Waals surface area contributed by atoms with Crippen LogP contribution in [-0.4, -0.2) is 31.7 Å². The second-order valence-electron chi connectivity index (χ2n) is 4.91. The normalized spacial score (nSPS) is 12.4. The van der Waals surface area contributed by atoms with Gasteiger partial charge in [-0.1, -0.05) is 6.07 Å². The zero-order valence-corrected chi connectivity index (χ0v) is 11.8. The van der Waals surface area contributed by atoms with Crippen molar-refractivity contribution in [3.8, 4) is 5.75 Å². The summed E-state index contributed by atoms with van der Waals surface area (Å²) >= 11 is 0. The molecule has 1 aromatic carbocycles. The van der Waals surface area contributed by atoms with Crippen LogP contribution in [0.1, 0.15) is 13.3 Å². The first kappa shape index (κ1) is 13.6. The molecule has 2 rings (SSSR count). The molecule has 0 amide bonds. The van der Waals surface area contributed by atoms with Crippen LogP contribution in [0.25, 0.3) is 10.8 Å². The van der Waals surface area contributed by atoms with Gasteiger partial charge in [0.1, 0.15) is 11.6 Å². The maximum absolute atomic E-state index is 5.81. The standard InChI is InChI=1S/C15H21N3O/c1-11(16)7-9-18(2)15-14-10-13(19-3)5-4-12(14)6-8-17-15/h4-6,8,10-11H,7,9,16H2,1-3H3. The number of ether oxygens (including phenoxy) is 1.